The molecule has 0 unspecified atom stereocenters. The maximum absolute atomic E-state index is 8.87. The number of hydrogen-bond acceptors (Lipinski definition) is 4. The maximum atomic E-state index is 8.87. The van der Waals surface area contributed by atoms with Crippen LogP contribution >= 0.6 is 0 Å². The van der Waals surface area contributed by atoms with E-state index in [2.05, 4.69) is 41.7 Å². The average Bonchev–Trinajstić information content (AvgIpc) is 2.67. The molecule has 0 aliphatic rings. The first-order chi connectivity index (χ1) is 11.8. The number of methoxy groups -OCH3 is 1. The highest BCUT2D eigenvalue weighted by atomic mass is 16.5. The average molecular weight is 331 g/mol. The van der Waals surface area contributed by atoms with Crippen LogP contribution in [0.3, 0.4) is 0 Å². The standard InChI is InChI=1S/C19H25NO2.CH4O/c1-22-19-10-6-5-9-18(19)15-17(11-12-20-13-14-21)16-7-3-2-4-8-16;1-2/h2-10,17,20-21H,11-15H2,1H3;2H,1H3/t17-;/m0./s1. The van der Waals surface area contributed by atoms with Gasteiger partial charge in [-0.1, -0.05) is 48.5 Å². The number of rotatable bonds is 9. The van der Waals surface area contributed by atoms with Crippen LogP contribution in [-0.4, -0.2) is 44.1 Å². The monoisotopic (exact) mass is 331 g/mol. The van der Waals surface area contributed by atoms with Gasteiger partial charge in [-0.2, -0.15) is 0 Å². The minimum atomic E-state index is 0.183. The van der Waals surface area contributed by atoms with E-state index in [1.165, 1.54) is 11.1 Å². The Balaban J connectivity index is 0.00000139. The topological polar surface area (TPSA) is 61.7 Å². The van der Waals surface area contributed by atoms with Gasteiger partial charge in [-0.05, 0) is 42.5 Å². The predicted molar refractivity (Wildman–Crippen MR) is 98.6 cm³/mol. The normalized spacial score (nSPS) is 11.3. The Morgan fingerprint density at radius 3 is 2.29 bits per heavy atom. The molecule has 0 aliphatic heterocycles. The lowest BCUT2D eigenvalue weighted by atomic mass is 9.89. The lowest BCUT2D eigenvalue weighted by Crippen LogP contribution is -2.21. The summed E-state index contributed by atoms with van der Waals surface area (Å²) in [6.07, 6.45) is 1.98. The molecule has 0 heterocycles. The van der Waals surface area contributed by atoms with Crippen molar-refractivity contribution in [2.45, 2.75) is 18.8 Å². The summed E-state index contributed by atoms with van der Waals surface area (Å²) in [5.74, 6) is 1.38. The van der Waals surface area contributed by atoms with Crippen molar-refractivity contribution in [1.29, 1.82) is 0 Å². The summed E-state index contributed by atoms with van der Waals surface area (Å²) < 4.78 is 5.48. The van der Waals surface area contributed by atoms with E-state index in [4.69, 9.17) is 14.9 Å². The van der Waals surface area contributed by atoms with Crippen molar-refractivity contribution in [2.75, 3.05) is 33.9 Å². The summed E-state index contributed by atoms with van der Waals surface area (Å²) in [4.78, 5) is 0. The number of benzene rings is 2. The lowest BCUT2D eigenvalue weighted by Gasteiger charge is -2.19. The smallest absolute Gasteiger partial charge is 0.122 e. The third kappa shape index (κ3) is 6.71. The highest BCUT2D eigenvalue weighted by Gasteiger charge is 2.14. The van der Waals surface area contributed by atoms with Gasteiger partial charge in [0.05, 0.1) is 13.7 Å². The molecular formula is C20H29NO3. The van der Waals surface area contributed by atoms with Crippen LogP contribution in [0.4, 0.5) is 0 Å². The molecule has 0 radical (unpaired) electrons. The predicted octanol–water partition coefficient (Wildman–Crippen LogP) is 2.60. The van der Waals surface area contributed by atoms with Crippen LogP contribution in [0, 0.1) is 0 Å². The molecule has 0 bridgehead atoms. The molecule has 0 fully saturated rings. The molecule has 4 heteroatoms. The molecule has 132 valence electrons. The third-order valence-corrected chi connectivity index (χ3v) is 3.89. The Labute approximate surface area is 145 Å². The van der Waals surface area contributed by atoms with Crippen LogP contribution in [0.2, 0.25) is 0 Å². The first-order valence-corrected chi connectivity index (χ1v) is 8.28. The van der Waals surface area contributed by atoms with Gasteiger partial charge in [0, 0.05) is 13.7 Å². The number of aliphatic hydroxyl groups is 2. The SMILES string of the molecule is CO.COc1ccccc1C[C@H](CCNCCO)c1ccccc1. The van der Waals surface area contributed by atoms with Crippen molar-refractivity contribution >= 4 is 0 Å². The Morgan fingerprint density at radius 1 is 0.958 bits per heavy atom. The molecule has 0 saturated heterocycles. The van der Waals surface area contributed by atoms with Crippen LogP contribution in [0.15, 0.2) is 54.6 Å². The van der Waals surface area contributed by atoms with Crippen LogP contribution in [0.25, 0.3) is 0 Å². The zero-order valence-corrected chi connectivity index (χ0v) is 14.6. The van der Waals surface area contributed by atoms with Gasteiger partial charge < -0.3 is 20.3 Å². The molecular weight excluding hydrogens is 302 g/mol. The van der Waals surface area contributed by atoms with E-state index in [0.29, 0.717) is 12.5 Å². The van der Waals surface area contributed by atoms with Gasteiger partial charge in [0.2, 0.25) is 0 Å². The second-order valence-corrected chi connectivity index (χ2v) is 5.39. The van der Waals surface area contributed by atoms with E-state index in [9.17, 15) is 0 Å². The summed E-state index contributed by atoms with van der Waals surface area (Å²) in [6, 6.07) is 18.8. The fraction of sp³-hybridized carbons (Fsp3) is 0.400. The summed E-state index contributed by atoms with van der Waals surface area (Å²) in [5, 5.41) is 19.1. The highest BCUT2D eigenvalue weighted by Crippen LogP contribution is 2.28. The van der Waals surface area contributed by atoms with Crippen molar-refractivity contribution in [1.82, 2.24) is 5.32 Å². The van der Waals surface area contributed by atoms with Crippen LogP contribution in [0.1, 0.15) is 23.5 Å². The fourth-order valence-electron chi connectivity index (χ4n) is 2.73. The van der Waals surface area contributed by atoms with E-state index in [1.54, 1.807) is 7.11 Å². The lowest BCUT2D eigenvalue weighted by molar-refractivity contribution is 0.291. The molecule has 2 rings (SSSR count). The van der Waals surface area contributed by atoms with Gasteiger partial charge in [0.15, 0.2) is 0 Å². The molecule has 2 aromatic rings. The van der Waals surface area contributed by atoms with Crippen molar-refractivity contribution in [2.24, 2.45) is 0 Å². The number of hydrogen-bond donors (Lipinski definition) is 3. The Kier molecular flexibility index (Phi) is 10.5. The molecule has 24 heavy (non-hydrogen) atoms. The second-order valence-electron chi connectivity index (χ2n) is 5.39. The third-order valence-electron chi connectivity index (χ3n) is 3.89. The van der Waals surface area contributed by atoms with E-state index < -0.39 is 0 Å². The van der Waals surface area contributed by atoms with E-state index in [-0.39, 0.29) is 6.61 Å². The van der Waals surface area contributed by atoms with E-state index in [1.807, 2.05) is 18.2 Å². The van der Waals surface area contributed by atoms with Gasteiger partial charge in [0.25, 0.3) is 0 Å². The molecule has 0 aromatic heterocycles. The minimum absolute atomic E-state index is 0.183. The van der Waals surface area contributed by atoms with Gasteiger partial charge in [-0.25, -0.2) is 0 Å². The van der Waals surface area contributed by atoms with Gasteiger partial charge in [0.1, 0.15) is 5.75 Å². The quantitative estimate of drug-likeness (QED) is 0.618. The summed E-state index contributed by atoms with van der Waals surface area (Å²) in [5.41, 5.74) is 2.58. The van der Waals surface area contributed by atoms with Crippen LogP contribution < -0.4 is 10.1 Å². The van der Waals surface area contributed by atoms with Crippen molar-refractivity contribution in [3.8, 4) is 5.75 Å². The zero-order chi connectivity index (χ0) is 17.6. The first-order valence-electron chi connectivity index (χ1n) is 8.28. The molecule has 0 spiro atoms. The summed E-state index contributed by atoms with van der Waals surface area (Å²) >= 11 is 0. The number of aliphatic hydroxyl groups excluding tert-OH is 2. The molecule has 4 nitrogen and oxygen atoms in total. The van der Waals surface area contributed by atoms with Crippen LogP contribution in [-0.2, 0) is 6.42 Å². The number of nitrogens with one attached hydrogen (secondary N) is 1. The number of para-hydroxylation sites is 1. The Hall–Kier alpha value is -1.88. The number of ether oxygens (including phenoxy) is 1. The van der Waals surface area contributed by atoms with Crippen molar-refractivity contribution in [3.05, 3.63) is 65.7 Å². The molecule has 3 N–H and O–H groups in total. The maximum Gasteiger partial charge on any atom is 0.122 e. The molecule has 0 aliphatic carbocycles. The van der Waals surface area contributed by atoms with Crippen molar-refractivity contribution < 1.29 is 14.9 Å². The van der Waals surface area contributed by atoms with Crippen molar-refractivity contribution in [3.63, 3.8) is 0 Å². The molecule has 0 amide bonds. The fourth-order valence-corrected chi connectivity index (χ4v) is 2.73. The first kappa shape index (κ1) is 20.2. The largest absolute Gasteiger partial charge is 0.496 e. The summed E-state index contributed by atoms with van der Waals surface area (Å²) in [6.45, 7) is 1.73. The van der Waals surface area contributed by atoms with E-state index >= 15 is 0 Å². The van der Waals surface area contributed by atoms with Gasteiger partial charge in [-0.3, -0.25) is 0 Å². The second kappa shape index (κ2) is 12.5. The zero-order valence-electron chi connectivity index (χ0n) is 14.6. The van der Waals surface area contributed by atoms with E-state index in [0.717, 1.165) is 32.2 Å². The molecule has 2 aromatic carbocycles. The highest BCUT2D eigenvalue weighted by molar-refractivity contribution is 5.35. The summed E-state index contributed by atoms with van der Waals surface area (Å²) in [7, 11) is 2.72. The molecule has 1 atom stereocenters. The van der Waals surface area contributed by atoms with Gasteiger partial charge in [-0.15, -0.1) is 0 Å². The minimum Gasteiger partial charge on any atom is -0.496 e. The molecule has 0 saturated carbocycles. The Morgan fingerprint density at radius 2 is 1.62 bits per heavy atom. The van der Waals surface area contributed by atoms with Gasteiger partial charge >= 0.3 is 0 Å². The van der Waals surface area contributed by atoms with Crippen LogP contribution in [0.5, 0.6) is 5.75 Å². The Bertz CT molecular complexity index is 546.